The van der Waals surface area contributed by atoms with E-state index in [2.05, 4.69) is 16.8 Å². The van der Waals surface area contributed by atoms with Crippen LogP contribution in [-0.2, 0) is 12.8 Å². The van der Waals surface area contributed by atoms with Gasteiger partial charge in [0.05, 0.1) is 5.69 Å². The van der Waals surface area contributed by atoms with Gasteiger partial charge in [-0.25, -0.2) is 4.98 Å². The van der Waals surface area contributed by atoms with Crippen molar-refractivity contribution < 1.29 is 9.52 Å². The average Bonchev–Trinajstić information content (AvgIpc) is 2.78. The fourth-order valence-electron chi connectivity index (χ4n) is 2.43. The molecule has 0 atom stereocenters. The highest BCUT2D eigenvalue weighted by Crippen LogP contribution is 2.21. The molecule has 0 aromatic carbocycles. The van der Waals surface area contributed by atoms with Gasteiger partial charge in [-0.05, 0) is 38.4 Å². The summed E-state index contributed by atoms with van der Waals surface area (Å²) in [6, 6.07) is 0. The van der Waals surface area contributed by atoms with E-state index in [1.807, 2.05) is 0 Å². The van der Waals surface area contributed by atoms with Crippen LogP contribution in [0.15, 0.2) is 10.7 Å². The Balaban J connectivity index is 1.80. The van der Waals surface area contributed by atoms with Crippen molar-refractivity contribution in [2.45, 2.75) is 32.6 Å². The van der Waals surface area contributed by atoms with Gasteiger partial charge in [0.1, 0.15) is 6.26 Å². The largest absolute Gasteiger partial charge is 0.449 e. The van der Waals surface area contributed by atoms with Crippen LogP contribution in [0.4, 0.5) is 0 Å². The third-order valence-electron chi connectivity index (χ3n) is 3.58. The molecule has 1 N–H and O–H groups in total. The molecule has 0 spiro atoms. The fraction of sp³-hybridized carbons (Fsp3) is 0.769. The normalized spacial score (nSPS) is 18.7. The van der Waals surface area contributed by atoms with Crippen molar-refractivity contribution in [2.75, 3.05) is 26.2 Å². The van der Waals surface area contributed by atoms with E-state index in [1.165, 1.54) is 25.9 Å². The van der Waals surface area contributed by atoms with E-state index in [4.69, 9.17) is 9.52 Å². The van der Waals surface area contributed by atoms with Crippen LogP contribution in [0.5, 0.6) is 0 Å². The first-order chi connectivity index (χ1) is 8.31. The monoisotopic (exact) mass is 238 g/mol. The number of likely N-dealkylation sites (tertiary alicyclic amines) is 1. The highest BCUT2D eigenvalue weighted by Gasteiger charge is 2.20. The Hall–Kier alpha value is -0.870. The van der Waals surface area contributed by atoms with Crippen LogP contribution in [-0.4, -0.2) is 41.2 Å². The number of aliphatic hydroxyl groups is 1. The van der Waals surface area contributed by atoms with Gasteiger partial charge in [-0.2, -0.15) is 0 Å². The molecule has 1 fully saturated rings. The summed E-state index contributed by atoms with van der Waals surface area (Å²) in [7, 11) is 0. The summed E-state index contributed by atoms with van der Waals surface area (Å²) in [6.07, 6.45) is 5.70. The van der Waals surface area contributed by atoms with E-state index >= 15 is 0 Å². The van der Waals surface area contributed by atoms with Crippen LogP contribution >= 0.6 is 0 Å². The van der Waals surface area contributed by atoms with Gasteiger partial charge >= 0.3 is 0 Å². The smallest absolute Gasteiger partial charge is 0.194 e. The third kappa shape index (κ3) is 3.54. The topological polar surface area (TPSA) is 49.5 Å². The highest BCUT2D eigenvalue weighted by molar-refractivity contribution is 4.97. The van der Waals surface area contributed by atoms with Crippen molar-refractivity contribution >= 4 is 0 Å². The van der Waals surface area contributed by atoms with Crippen molar-refractivity contribution in [1.82, 2.24) is 9.88 Å². The summed E-state index contributed by atoms with van der Waals surface area (Å²) in [5, 5.41) is 8.82. The Bertz CT molecular complexity index is 330. The van der Waals surface area contributed by atoms with Crippen LogP contribution in [0.2, 0.25) is 0 Å². The molecule has 4 heteroatoms. The Kier molecular flexibility index (Phi) is 4.57. The quantitative estimate of drug-likeness (QED) is 0.844. The first-order valence-electron chi connectivity index (χ1n) is 6.58. The number of aliphatic hydroxyl groups excluding tert-OH is 1. The maximum Gasteiger partial charge on any atom is 0.194 e. The Morgan fingerprint density at radius 1 is 1.47 bits per heavy atom. The lowest BCUT2D eigenvalue weighted by molar-refractivity contribution is 0.187. The average molecular weight is 238 g/mol. The standard InChI is InChI=1S/C13H22N2O2/c1-2-15-6-3-11(4-7-15)9-13-14-12(5-8-16)10-17-13/h10-11,16H,2-9H2,1H3. The predicted octanol–water partition coefficient (Wildman–Crippen LogP) is 1.48. The number of nitrogens with zero attached hydrogens (tertiary/aromatic N) is 2. The molecule has 96 valence electrons. The number of aromatic nitrogens is 1. The molecule has 0 saturated carbocycles. The zero-order valence-corrected chi connectivity index (χ0v) is 10.6. The summed E-state index contributed by atoms with van der Waals surface area (Å²) in [4.78, 5) is 6.88. The molecule has 2 rings (SSSR count). The van der Waals surface area contributed by atoms with Gasteiger partial charge in [-0.1, -0.05) is 6.92 Å². The maximum absolute atomic E-state index is 8.82. The van der Waals surface area contributed by atoms with Crippen molar-refractivity contribution in [3.05, 3.63) is 17.8 Å². The van der Waals surface area contributed by atoms with Crippen LogP contribution in [0.1, 0.15) is 31.4 Å². The van der Waals surface area contributed by atoms with Gasteiger partial charge < -0.3 is 14.4 Å². The number of hydrogen-bond acceptors (Lipinski definition) is 4. The van der Waals surface area contributed by atoms with Crippen molar-refractivity contribution in [3.8, 4) is 0 Å². The summed E-state index contributed by atoms with van der Waals surface area (Å²) in [6.45, 7) is 5.92. The molecule has 1 saturated heterocycles. The number of hydrogen-bond donors (Lipinski definition) is 1. The van der Waals surface area contributed by atoms with Gasteiger partial charge in [0.25, 0.3) is 0 Å². The molecule has 17 heavy (non-hydrogen) atoms. The second-order valence-electron chi connectivity index (χ2n) is 4.79. The zero-order valence-electron chi connectivity index (χ0n) is 10.6. The SMILES string of the molecule is CCN1CCC(Cc2nc(CCO)co2)CC1. The van der Waals surface area contributed by atoms with Gasteiger partial charge in [-0.15, -0.1) is 0 Å². The van der Waals surface area contributed by atoms with E-state index < -0.39 is 0 Å². The lowest BCUT2D eigenvalue weighted by Crippen LogP contribution is -2.34. The van der Waals surface area contributed by atoms with Gasteiger partial charge in [0.15, 0.2) is 5.89 Å². The van der Waals surface area contributed by atoms with Crippen molar-refractivity contribution in [3.63, 3.8) is 0 Å². The molecule has 1 aliphatic heterocycles. The second-order valence-corrected chi connectivity index (χ2v) is 4.79. The van der Waals surface area contributed by atoms with Gasteiger partial charge in [-0.3, -0.25) is 0 Å². The van der Waals surface area contributed by atoms with Gasteiger partial charge in [0, 0.05) is 19.4 Å². The minimum atomic E-state index is 0.140. The Morgan fingerprint density at radius 3 is 2.88 bits per heavy atom. The molecule has 0 amide bonds. The first kappa shape index (κ1) is 12.6. The Labute approximate surface area is 103 Å². The third-order valence-corrected chi connectivity index (χ3v) is 3.58. The fourth-order valence-corrected chi connectivity index (χ4v) is 2.43. The number of oxazole rings is 1. The number of rotatable bonds is 5. The molecule has 4 nitrogen and oxygen atoms in total. The first-order valence-corrected chi connectivity index (χ1v) is 6.58. The molecular formula is C13H22N2O2. The van der Waals surface area contributed by atoms with Crippen molar-refractivity contribution in [2.24, 2.45) is 5.92 Å². The molecule has 1 aromatic rings. The van der Waals surface area contributed by atoms with E-state index in [9.17, 15) is 0 Å². The molecule has 0 radical (unpaired) electrons. The molecule has 0 aliphatic carbocycles. The Morgan fingerprint density at radius 2 is 2.24 bits per heavy atom. The summed E-state index contributed by atoms with van der Waals surface area (Å²) in [5.41, 5.74) is 0.869. The summed E-state index contributed by atoms with van der Waals surface area (Å²) >= 11 is 0. The van der Waals surface area contributed by atoms with Crippen LogP contribution in [0.25, 0.3) is 0 Å². The lowest BCUT2D eigenvalue weighted by atomic mass is 9.93. The lowest BCUT2D eigenvalue weighted by Gasteiger charge is -2.30. The van der Waals surface area contributed by atoms with Crippen LogP contribution < -0.4 is 0 Å². The summed E-state index contributed by atoms with van der Waals surface area (Å²) in [5.74, 6) is 1.54. The van der Waals surface area contributed by atoms with E-state index in [0.29, 0.717) is 12.3 Å². The molecule has 2 heterocycles. The minimum absolute atomic E-state index is 0.140. The molecule has 1 aromatic heterocycles. The van der Waals surface area contributed by atoms with Crippen molar-refractivity contribution in [1.29, 1.82) is 0 Å². The molecule has 1 aliphatic rings. The summed E-state index contributed by atoms with van der Waals surface area (Å²) < 4.78 is 5.44. The van der Waals surface area contributed by atoms with E-state index in [-0.39, 0.29) is 6.61 Å². The second kappa shape index (κ2) is 6.17. The highest BCUT2D eigenvalue weighted by atomic mass is 16.3. The molecule has 0 bridgehead atoms. The van der Waals surface area contributed by atoms with Gasteiger partial charge in [0.2, 0.25) is 0 Å². The van der Waals surface area contributed by atoms with Crippen LogP contribution in [0, 0.1) is 5.92 Å². The van der Waals surface area contributed by atoms with E-state index in [0.717, 1.165) is 24.6 Å². The van der Waals surface area contributed by atoms with Crippen LogP contribution in [0.3, 0.4) is 0 Å². The predicted molar refractivity (Wildman–Crippen MR) is 65.8 cm³/mol. The molecular weight excluding hydrogens is 216 g/mol. The maximum atomic E-state index is 8.82. The van der Waals surface area contributed by atoms with E-state index in [1.54, 1.807) is 6.26 Å². The zero-order chi connectivity index (χ0) is 12.1. The minimum Gasteiger partial charge on any atom is -0.449 e. The molecule has 0 unspecified atom stereocenters. The number of piperidine rings is 1.